The molecule has 8 aromatic carbocycles. The summed E-state index contributed by atoms with van der Waals surface area (Å²) in [4.78, 5) is 31.7. The van der Waals surface area contributed by atoms with Crippen molar-refractivity contribution in [2.45, 2.75) is 219 Å². The molecule has 0 bridgehead atoms. The summed E-state index contributed by atoms with van der Waals surface area (Å²) in [5.41, 5.74) is 8.47. The molecule has 7 N–H and O–H groups in total. The predicted molar refractivity (Wildman–Crippen MR) is 558 cm³/mol. The Bertz CT molecular complexity index is 6090. The minimum atomic E-state index is -1.80. The monoisotopic (exact) mass is 1990 g/mol. The van der Waals surface area contributed by atoms with Crippen molar-refractivity contribution in [1.82, 2.24) is 59.1 Å². The highest BCUT2D eigenvalue weighted by molar-refractivity contribution is 5.88. The summed E-state index contributed by atoms with van der Waals surface area (Å²) in [6.07, 6.45) is 8.88. The number of nitrogens with one attached hydrogen (secondary N) is 4. The Labute approximate surface area is 844 Å². The minimum absolute atomic E-state index is 0.00355. The zero-order valence-corrected chi connectivity index (χ0v) is 86.3. The van der Waals surface area contributed by atoms with Crippen LogP contribution in [-0.4, -0.2) is 273 Å². The average Bonchev–Trinajstić information content (AvgIpc) is 1.56. The number of H-pyrrole nitrogens is 4. The molecule has 8 aliphatic heterocycles. The van der Waals surface area contributed by atoms with Crippen LogP contribution in [0.25, 0.3) is 43.6 Å². The van der Waals surface area contributed by atoms with Gasteiger partial charge in [0.1, 0.15) is 89.2 Å². The van der Waals surface area contributed by atoms with Crippen LogP contribution in [0.3, 0.4) is 0 Å². The van der Waals surface area contributed by atoms with E-state index >= 15 is 30.7 Å². The number of hydrogen-bond donors (Lipinski definition) is 7. The van der Waals surface area contributed by atoms with Crippen LogP contribution in [0.2, 0.25) is 0 Å². The van der Waals surface area contributed by atoms with Gasteiger partial charge in [0.2, 0.25) is 0 Å². The van der Waals surface area contributed by atoms with Crippen molar-refractivity contribution in [1.29, 1.82) is 0 Å². The van der Waals surface area contributed by atoms with Crippen molar-refractivity contribution in [3.8, 4) is 23.0 Å². The molecular weight excluding hydrogens is 1840 g/mol. The minimum Gasteiger partial charge on any atom is -0.492 e. The van der Waals surface area contributed by atoms with Crippen molar-refractivity contribution in [2.75, 3.05) is 151 Å². The van der Waals surface area contributed by atoms with Crippen LogP contribution in [0.4, 0.5) is 35.1 Å². The molecule has 12 heterocycles. The number of halogens is 8. The summed E-state index contributed by atoms with van der Waals surface area (Å²) in [6.45, 7) is 37.2. The molecule has 0 amide bonds. The summed E-state index contributed by atoms with van der Waals surface area (Å²) >= 11 is 0. The van der Waals surface area contributed by atoms with Crippen molar-refractivity contribution in [3.63, 3.8) is 0 Å². The number of unbranched alkanes of at least 4 members (excludes halogenated alkanes) is 1. The molecule has 0 saturated carbocycles. The molecule has 27 heteroatoms. The summed E-state index contributed by atoms with van der Waals surface area (Å²) in [7, 11) is 0. The molecular formula is C117H150F8N12O7. The van der Waals surface area contributed by atoms with Gasteiger partial charge in [0.25, 0.3) is 0 Å². The number of aromatic amines is 4. The van der Waals surface area contributed by atoms with Gasteiger partial charge in [0.05, 0.1) is 50.7 Å². The van der Waals surface area contributed by atoms with Gasteiger partial charge in [-0.05, 0) is 181 Å². The van der Waals surface area contributed by atoms with Crippen molar-refractivity contribution >= 4 is 43.6 Å². The highest BCUT2D eigenvalue weighted by Gasteiger charge is 2.47. The fourth-order valence-electron chi connectivity index (χ4n) is 23.0. The number of ether oxygens (including phenoxy) is 4. The van der Waals surface area contributed by atoms with E-state index in [-0.39, 0.29) is 78.9 Å². The molecule has 20 rings (SSSR count). The number of aliphatic hydroxyl groups excluding tert-OH is 3. The lowest BCUT2D eigenvalue weighted by molar-refractivity contribution is 0.0168. The van der Waals surface area contributed by atoms with Gasteiger partial charge in [-0.1, -0.05) is 164 Å². The Morgan fingerprint density at radius 1 is 0.361 bits per heavy atom. The van der Waals surface area contributed by atoms with E-state index < -0.39 is 78.7 Å². The van der Waals surface area contributed by atoms with E-state index in [0.717, 1.165) is 211 Å². The van der Waals surface area contributed by atoms with Crippen LogP contribution < -0.4 is 18.9 Å². The number of aromatic nitrogens is 4. The fourth-order valence-corrected chi connectivity index (χ4v) is 23.0. The summed E-state index contributed by atoms with van der Waals surface area (Å²) < 4.78 is 146. The van der Waals surface area contributed by atoms with E-state index in [1.807, 2.05) is 128 Å². The first-order chi connectivity index (χ1) is 69.2. The van der Waals surface area contributed by atoms with Gasteiger partial charge in [-0.3, -0.25) is 43.6 Å². The zero-order chi connectivity index (χ0) is 102. The third-order valence-electron chi connectivity index (χ3n) is 31.5. The van der Waals surface area contributed by atoms with Gasteiger partial charge < -0.3 is 54.2 Å². The molecule has 776 valence electrons. The van der Waals surface area contributed by atoms with E-state index in [1.165, 1.54) is 88.3 Å². The predicted octanol–water partition coefficient (Wildman–Crippen LogP) is 21.8. The third-order valence-corrected chi connectivity index (χ3v) is 31.5. The highest BCUT2D eigenvalue weighted by Crippen LogP contribution is 2.50. The van der Waals surface area contributed by atoms with Gasteiger partial charge in [-0.15, -0.1) is 0 Å². The lowest BCUT2D eigenvalue weighted by Crippen LogP contribution is -2.53. The highest BCUT2D eigenvalue weighted by atomic mass is 19.2. The third kappa shape index (κ3) is 23.6. The second kappa shape index (κ2) is 45.4. The molecule has 4 aromatic heterocycles. The van der Waals surface area contributed by atoms with E-state index in [2.05, 4.69) is 133 Å². The Hall–Kier alpha value is -9.88. The number of hydrogen-bond acceptors (Lipinski definition) is 15. The first-order valence-electron chi connectivity index (χ1n) is 52.7. The lowest BCUT2D eigenvalue weighted by atomic mass is 9.85. The summed E-state index contributed by atoms with van der Waals surface area (Å²) in [5.74, 6) is 2.48. The largest absolute Gasteiger partial charge is 0.492 e. The van der Waals surface area contributed by atoms with Crippen molar-refractivity contribution < 1.29 is 69.4 Å². The second-order valence-corrected chi connectivity index (χ2v) is 44.0. The Morgan fingerprint density at radius 3 is 1.01 bits per heavy atom. The Kier molecular flexibility index (Phi) is 33.3. The van der Waals surface area contributed by atoms with E-state index in [0.29, 0.717) is 49.0 Å². The topological polar surface area (TPSA) is 187 Å². The van der Waals surface area contributed by atoms with Crippen LogP contribution in [0.1, 0.15) is 214 Å². The first-order valence-corrected chi connectivity index (χ1v) is 52.7. The Morgan fingerprint density at radius 2 is 0.674 bits per heavy atom. The quantitative estimate of drug-likeness (QED) is 0.0184. The SMILES string of the molecule is CCC1CN(CCOc2ccc([C@@H]3c4[nH]c5ccccc5c4C[C@@H](C)N3C[C@@](C)(F)CO)c(F)c2)C1.CCC1CN(CCOc2ccc([C@@H]3c4[nH]c5ccccc5c4C[C@@H](C)N3C[C@@](C)(F)CO)cc2)C1.CCC1CN(CCOc2ccc([C@@H]3c4[nH]c5ccccc5c4C[C@@H](C)N3C[C@](C)(F)CO)c(F)c2)C1.CCCCN1CC(Oc2cc(F)c([C@@H]3c4[nH]c5ccccc5c4C[C@@H](C)N3CC(C)(C)CF)c(F)c2)C1. The number of likely N-dealkylation sites (tertiary alicyclic amines) is 4. The number of aliphatic hydroxyl groups is 3. The molecule has 8 aliphatic rings. The molecule has 19 nitrogen and oxygen atoms in total. The zero-order valence-electron chi connectivity index (χ0n) is 86.3. The van der Waals surface area contributed by atoms with Gasteiger partial charge >= 0.3 is 0 Å². The second-order valence-electron chi connectivity index (χ2n) is 44.0. The number of nitrogens with zero attached hydrogens (tertiary/aromatic N) is 8. The summed E-state index contributed by atoms with van der Waals surface area (Å²) in [6, 6.07) is 51.6. The molecule has 0 aliphatic carbocycles. The molecule has 4 fully saturated rings. The van der Waals surface area contributed by atoms with Crippen LogP contribution >= 0.6 is 0 Å². The molecule has 144 heavy (non-hydrogen) atoms. The van der Waals surface area contributed by atoms with Gasteiger partial charge in [-0.2, -0.15) is 0 Å². The maximum absolute atomic E-state index is 15.8. The van der Waals surface area contributed by atoms with Crippen LogP contribution in [0, 0.1) is 46.4 Å². The number of rotatable bonds is 36. The van der Waals surface area contributed by atoms with E-state index in [1.54, 1.807) is 12.1 Å². The molecule has 0 spiro atoms. The van der Waals surface area contributed by atoms with Gasteiger partial charge in [0, 0.05) is 235 Å². The number of fused-ring (bicyclic) bond motifs is 12. The summed E-state index contributed by atoms with van der Waals surface area (Å²) in [5, 5.41) is 33.5. The Balaban J connectivity index is 0.000000132. The molecule has 12 aromatic rings. The smallest absolute Gasteiger partial charge is 0.143 e. The van der Waals surface area contributed by atoms with E-state index in [4.69, 9.17) is 18.9 Å². The standard InChI is InChI=1S/C30H38F3N3O.2C29H37F2N3O2.C29H38FN3O2/c1-5-6-11-35-15-21(16-35)37-20-13-24(32)27(25(33)14-20)29-28-23(22-9-7-8-10-26(22)34-28)12-19(2)36(29)18-30(3,4)17-31;2*1-4-20-15-33(16-20)11-12-36-21-9-10-23(25(30)14-21)28-27-24(22-7-5-6-8-26(22)32-27)13-19(2)34(28)17-29(3,31)18-35;1-4-21-16-32(17-21)13-14-35-23-11-9-22(10-12-23)28-27-25(24-7-5-6-8-26(24)31-27)15-20(2)33(28)18-29(3,30)19-34/h7-10,13-14,19,21,29,34H,5-6,11-12,15-18H2,1-4H3;2*5-10,14,19-20,28,32,35H,4,11-13,15-18H2,1-3H3;5-12,20-21,28,31,34H,4,13-19H2,1-3H3/t19-,29-;19-,28-,29+;19-,28-,29-;20-,28-,29-/m1111/s1. The van der Waals surface area contributed by atoms with E-state index in [9.17, 15) is 19.7 Å². The van der Waals surface area contributed by atoms with Crippen molar-refractivity contribution in [3.05, 3.63) is 260 Å². The number of para-hydroxylation sites is 4. The van der Waals surface area contributed by atoms with Crippen LogP contribution in [-0.2, 0) is 25.7 Å². The number of benzene rings is 8. The molecule has 0 radical (unpaired) electrons. The van der Waals surface area contributed by atoms with Gasteiger partial charge in [-0.25, -0.2) is 30.7 Å². The molecule has 11 atom stereocenters. The first kappa shape index (κ1) is 105. The average molecular weight is 1990 g/mol. The maximum atomic E-state index is 15.8. The van der Waals surface area contributed by atoms with Crippen LogP contribution in [0.5, 0.6) is 23.0 Å². The van der Waals surface area contributed by atoms with Crippen molar-refractivity contribution in [2.24, 2.45) is 23.2 Å². The molecule has 4 saturated heterocycles. The normalized spacial score (nSPS) is 22.5. The lowest BCUT2D eigenvalue weighted by Gasteiger charge is -2.44. The fraction of sp³-hybridized carbons (Fsp3) is 0.521. The number of alkyl halides is 4. The maximum Gasteiger partial charge on any atom is 0.143 e. The molecule has 0 unspecified atom stereocenters. The van der Waals surface area contributed by atoms with Gasteiger partial charge in [0.15, 0.2) is 0 Å². The van der Waals surface area contributed by atoms with Crippen LogP contribution in [0.15, 0.2) is 170 Å².